The van der Waals surface area contributed by atoms with Crippen molar-refractivity contribution in [3.63, 3.8) is 0 Å². The summed E-state index contributed by atoms with van der Waals surface area (Å²) in [5.74, 6) is 0.727. The molecule has 1 heterocycles. The van der Waals surface area contributed by atoms with Crippen molar-refractivity contribution >= 4 is 24.7 Å². The number of aromatic amines is 2. The molecule has 0 radical (unpaired) electrons. The number of H-pyrrole nitrogens is 2. The van der Waals surface area contributed by atoms with Gasteiger partial charge in [-0.3, -0.25) is 14.2 Å². The largest absolute Gasteiger partial charge is 0.349 e. The van der Waals surface area contributed by atoms with Crippen LogP contribution in [0.2, 0.25) is 0 Å². The lowest BCUT2D eigenvalue weighted by atomic mass is 10.2. The van der Waals surface area contributed by atoms with Crippen LogP contribution in [0.5, 0.6) is 0 Å². The van der Waals surface area contributed by atoms with Crippen LogP contribution in [0, 0.1) is 0 Å². The van der Waals surface area contributed by atoms with Crippen molar-refractivity contribution in [2.45, 2.75) is 0 Å². The van der Waals surface area contributed by atoms with Crippen LogP contribution < -0.4 is 11.1 Å². The molecule has 0 saturated heterocycles. The molecule has 0 saturated carbocycles. The van der Waals surface area contributed by atoms with E-state index in [0.29, 0.717) is 16.6 Å². The van der Waals surface area contributed by atoms with Gasteiger partial charge in [0.15, 0.2) is 0 Å². The summed E-state index contributed by atoms with van der Waals surface area (Å²) in [5, 5.41) is 0. The molecule has 7 nitrogen and oxygen atoms in total. The first kappa shape index (κ1) is 12.5. The fourth-order valence-electron chi connectivity index (χ4n) is 1.48. The molecule has 2 rings (SSSR count). The molecule has 94 valence electrons. The summed E-state index contributed by atoms with van der Waals surface area (Å²) in [5.41, 5.74) is -0.512. The summed E-state index contributed by atoms with van der Waals surface area (Å²) in [4.78, 5) is 44.5. The molecular formula is C10H9N2O5P. The molecule has 0 amide bonds. The number of benzene rings is 1. The fraction of sp³-hybridized carbons (Fsp3) is 0. The Kier molecular flexibility index (Phi) is 3.04. The number of nitrogens with one attached hydrogen (secondary N) is 2. The number of fused-ring (bicyclic) bond motifs is 1. The van der Waals surface area contributed by atoms with Gasteiger partial charge in [0.05, 0.1) is 11.0 Å². The predicted octanol–water partition coefficient (Wildman–Crippen LogP) is 0.365. The van der Waals surface area contributed by atoms with Crippen LogP contribution in [0.1, 0.15) is 5.56 Å². The van der Waals surface area contributed by atoms with Crippen LogP contribution in [0.3, 0.4) is 0 Å². The van der Waals surface area contributed by atoms with Crippen LogP contribution in [-0.4, -0.2) is 19.8 Å². The molecule has 0 aliphatic rings. The normalized spacial score (nSPS) is 12.3. The first-order chi connectivity index (χ1) is 8.37. The summed E-state index contributed by atoms with van der Waals surface area (Å²) >= 11 is 0. The Morgan fingerprint density at radius 3 is 2.44 bits per heavy atom. The summed E-state index contributed by atoms with van der Waals surface area (Å²) in [6.07, 6.45) is 1.19. The average Bonchev–Trinajstić information content (AvgIpc) is 2.27. The average molecular weight is 268 g/mol. The van der Waals surface area contributed by atoms with Crippen molar-refractivity contribution in [3.8, 4) is 0 Å². The van der Waals surface area contributed by atoms with E-state index in [2.05, 4.69) is 9.97 Å². The van der Waals surface area contributed by atoms with Crippen molar-refractivity contribution in [2.24, 2.45) is 0 Å². The van der Waals surface area contributed by atoms with E-state index in [9.17, 15) is 14.2 Å². The smallest absolute Gasteiger partial charge is 0.321 e. The van der Waals surface area contributed by atoms with E-state index in [0.717, 1.165) is 5.82 Å². The third kappa shape index (κ3) is 2.65. The van der Waals surface area contributed by atoms with Gasteiger partial charge in [-0.05, 0) is 12.1 Å². The third-order valence-corrected chi connectivity index (χ3v) is 2.78. The van der Waals surface area contributed by atoms with Crippen molar-refractivity contribution in [3.05, 3.63) is 50.3 Å². The third-order valence-electron chi connectivity index (χ3n) is 2.24. The van der Waals surface area contributed by atoms with Gasteiger partial charge in [0.2, 0.25) is 0 Å². The SMILES string of the molecule is O=c1[nH]c2cccc(C=CP(=O)(O)O)c2[nH]c1=O. The molecule has 0 unspecified atom stereocenters. The minimum absolute atomic E-state index is 0.312. The van der Waals surface area contributed by atoms with E-state index in [1.165, 1.54) is 6.08 Å². The molecule has 0 atom stereocenters. The lowest BCUT2D eigenvalue weighted by molar-refractivity contribution is 0.386. The minimum Gasteiger partial charge on any atom is -0.321 e. The second-order valence-corrected chi connectivity index (χ2v) is 5.06. The van der Waals surface area contributed by atoms with Crippen LogP contribution in [-0.2, 0) is 4.57 Å². The predicted molar refractivity (Wildman–Crippen MR) is 66.3 cm³/mol. The summed E-state index contributed by atoms with van der Waals surface area (Å²) < 4.78 is 10.7. The highest BCUT2D eigenvalue weighted by molar-refractivity contribution is 7.55. The van der Waals surface area contributed by atoms with E-state index >= 15 is 0 Å². The maximum absolute atomic E-state index is 11.2. The lowest BCUT2D eigenvalue weighted by Crippen LogP contribution is -2.29. The Hall–Kier alpha value is -1.95. The Balaban J connectivity index is 2.69. The Morgan fingerprint density at radius 1 is 1.11 bits per heavy atom. The van der Waals surface area contributed by atoms with Crippen molar-refractivity contribution in [2.75, 3.05) is 0 Å². The molecule has 0 spiro atoms. The van der Waals surface area contributed by atoms with E-state index in [-0.39, 0.29) is 0 Å². The first-order valence-electron chi connectivity index (χ1n) is 4.87. The van der Waals surface area contributed by atoms with Crippen molar-refractivity contribution in [1.29, 1.82) is 0 Å². The topological polar surface area (TPSA) is 123 Å². The van der Waals surface area contributed by atoms with Crippen molar-refractivity contribution < 1.29 is 14.4 Å². The molecule has 1 aromatic heterocycles. The van der Waals surface area contributed by atoms with Gasteiger partial charge in [0.25, 0.3) is 0 Å². The van der Waals surface area contributed by atoms with Gasteiger partial charge in [0.1, 0.15) is 0 Å². The zero-order chi connectivity index (χ0) is 13.3. The molecule has 0 aliphatic carbocycles. The van der Waals surface area contributed by atoms with Crippen LogP contribution >= 0.6 is 7.60 Å². The summed E-state index contributed by atoms with van der Waals surface area (Å²) in [7, 11) is -4.28. The minimum atomic E-state index is -4.28. The van der Waals surface area contributed by atoms with Gasteiger partial charge >= 0.3 is 18.7 Å². The van der Waals surface area contributed by atoms with Crippen LogP contribution in [0.25, 0.3) is 17.1 Å². The first-order valence-corrected chi connectivity index (χ1v) is 6.55. The van der Waals surface area contributed by atoms with Gasteiger partial charge < -0.3 is 19.8 Å². The van der Waals surface area contributed by atoms with Crippen LogP contribution in [0.15, 0.2) is 33.6 Å². The summed E-state index contributed by atoms with van der Waals surface area (Å²) in [6, 6.07) is 4.72. The second-order valence-electron chi connectivity index (χ2n) is 3.58. The van der Waals surface area contributed by atoms with Crippen molar-refractivity contribution in [1.82, 2.24) is 9.97 Å². The number of aromatic nitrogens is 2. The van der Waals surface area contributed by atoms with Gasteiger partial charge in [-0.1, -0.05) is 12.1 Å². The molecule has 2 aromatic rings. The number of para-hydroxylation sites is 1. The molecule has 0 bridgehead atoms. The van der Waals surface area contributed by atoms with Gasteiger partial charge in [-0.25, -0.2) is 0 Å². The molecule has 8 heteroatoms. The Morgan fingerprint density at radius 2 is 1.78 bits per heavy atom. The molecule has 18 heavy (non-hydrogen) atoms. The van der Waals surface area contributed by atoms with E-state index in [1.807, 2.05) is 0 Å². The maximum Gasteiger partial charge on any atom is 0.349 e. The molecule has 0 fully saturated rings. The monoisotopic (exact) mass is 268 g/mol. The van der Waals surface area contributed by atoms with E-state index in [1.54, 1.807) is 18.2 Å². The number of rotatable bonds is 2. The zero-order valence-corrected chi connectivity index (χ0v) is 9.85. The Labute approximate surface area is 100.0 Å². The van der Waals surface area contributed by atoms with Gasteiger partial charge in [-0.2, -0.15) is 0 Å². The standard InChI is InChI=1S/C10H9N2O5P/c13-9-10(14)12-8-6(4-5-18(15,16)17)2-1-3-7(8)11-9/h1-5H,(H,11,13)(H,12,14)(H2,15,16,17). The number of hydrogen-bond donors (Lipinski definition) is 4. The van der Waals surface area contributed by atoms with Gasteiger partial charge in [0, 0.05) is 11.4 Å². The highest BCUT2D eigenvalue weighted by atomic mass is 31.2. The molecule has 0 aliphatic heterocycles. The summed E-state index contributed by atoms with van der Waals surface area (Å²) in [6.45, 7) is 0. The van der Waals surface area contributed by atoms with E-state index < -0.39 is 18.7 Å². The van der Waals surface area contributed by atoms with E-state index in [4.69, 9.17) is 9.79 Å². The van der Waals surface area contributed by atoms with Crippen LogP contribution in [0.4, 0.5) is 0 Å². The maximum atomic E-state index is 11.2. The highest BCUT2D eigenvalue weighted by Crippen LogP contribution is 2.37. The fourth-order valence-corrected chi connectivity index (χ4v) is 1.83. The Bertz CT molecular complexity index is 783. The second kappa shape index (κ2) is 4.38. The lowest BCUT2D eigenvalue weighted by Gasteiger charge is -2.01. The molecule has 1 aromatic carbocycles. The molecule has 4 N–H and O–H groups in total. The molecular weight excluding hydrogens is 259 g/mol. The highest BCUT2D eigenvalue weighted by Gasteiger charge is 2.07. The van der Waals surface area contributed by atoms with Gasteiger partial charge in [-0.15, -0.1) is 0 Å². The number of hydrogen-bond acceptors (Lipinski definition) is 3. The quantitative estimate of drug-likeness (QED) is 0.462. The zero-order valence-electron chi connectivity index (χ0n) is 8.95.